The van der Waals surface area contributed by atoms with Gasteiger partial charge in [0.2, 0.25) is 18.6 Å². The maximum Gasteiger partial charge on any atom is 0.239 e. The minimum atomic E-state index is -0.640. The summed E-state index contributed by atoms with van der Waals surface area (Å²) < 4.78 is 10.6. The monoisotopic (exact) mass is 366 g/mol. The topological polar surface area (TPSA) is 67.9 Å². The molecular formula is C21H22N2O4. The minimum Gasteiger partial charge on any atom is -0.454 e. The van der Waals surface area contributed by atoms with E-state index in [1.165, 1.54) is 0 Å². The van der Waals surface area contributed by atoms with Gasteiger partial charge in [0.15, 0.2) is 11.5 Å². The van der Waals surface area contributed by atoms with Crippen LogP contribution < -0.4 is 19.7 Å². The van der Waals surface area contributed by atoms with Crippen LogP contribution in [-0.4, -0.2) is 25.2 Å². The molecule has 2 aromatic carbocycles. The summed E-state index contributed by atoms with van der Waals surface area (Å²) >= 11 is 0. The molecule has 2 aliphatic rings. The molecule has 2 aromatic rings. The van der Waals surface area contributed by atoms with Crippen molar-refractivity contribution in [2.45, 2.75) is 26.8 Å². The molecule has 1 saturated heterocycles. The highest BCUT2D eigenvalue weighted by Gasteiger charge is 2.38. The number of anilines is 1. The van der Waals surface area contributed by atoms with E-state index in [0.717, 1.165) is 22.4 Å². The number of amides is 2. The summed E-state index contributed by atoms with van der Waals surface area (Å²) in [5, 5.41) is 2.88. The Morgan fingerprint density at radius 2 is 2.00 bits per heavy atom. The van der Waals surface area contributed by atoms with Gasteiger partial charge in [-0.1, -0.05) is 18.2 Å². The number of aryl methyl sites for hydroxylation is 1. The van der Waals surface area contributed by atoms with Crippen LogP contribution in [0.25, 0.3) is 0 Å². The second kappa shape index (κ2) is 6.95. The average Bonchev–Trinajstić information content (AvgIpc) is 3.28. The van der Waals surface area contributed by atoms with Crippen LogP contribution in [0.2, 0.25) is 0 Å². The standard InChI is InChI=1S/C21H22N2O4/c1-13-4-3-5-17(14(13)2)23-9-8-16(21(23)25)20(24)22-11-15-6-7-18-19(10-15)27-12-26-18/h3-7,10,16H,8-9,11-12H2,1-2H3,(H,22,24)/t16-/m1/s1. The summed E-state index contributed by atoms with van der Waals surface area (Å²) in [4.78, 5) is 27.1. The number of rotatable bonds is 4. The SMILES string of the molecule is Cc1cccc(N2CC[C@H](C(=O)NCc3ccc4c(c3)OCO4)C2=O)c1C. The van der Waals surface area contributed by atoms with Crippen molar-refractivity contribution >= 4 is 17.5 Å². The van der Waals surface area contributed by atoms with Gasteiger partial charge in [-0.3, -0.25) is 9.59 Å². The van der Waals surface area contributed by atoms with E-state index in [0.29, 0.717) is 31.0 Å². The summed E-state index contributed by atoms with van der Waals surface area (Å²) in [5.41, 5.74) is 4.01. The molecule has 1 fully saturated rings. The average molecular weight is 366 g/mol. The molecule has 1 N–H and O–H groups in total. The third-order valence-corrected chi connectivity index (χ3v) is 5.29. The predicted octanol–water partition coefficient (Wildman–Crippen LogP) is 2.70. The van der Waals surface area contributed by atoms with Crippen molar-refractivity contribution in [3.05, 3.63) is 53.1 Å². The van der Waals surface area contributed by atoms with Crippen LogP contribution in [0, 0.1) is 19.8 Å². The highest BCUT2D eigenvalue weighted by Crippen LogP contribution is 2.33. The first kappa shape index (κ1) is 17.4. The molecule has 4 rings (SSSR count). The number of hydrogen-bond donors (Lipinski definition) is 1. The van der Waals surface area contributed by atoms with Crippen molar-refractivity contribution in [2.75, 3.05) is 18.2 Å². The Morgan fingerprint density at radius 1 is 1.19 bits per heavy atom. The summed E-state index contributed by atoms with van der Waals surface area (Å²) in [6, 6.07) is 11.5. The molecule has 2 aliphatic heterocycles. The van der Waals surface area contributed by atoms with Gasteiger partial charge in [0.1, 0.15) is 5.92 Å². The molecule has 6 nitrogen and oxygen atoms in total. The number of carbonyl (C=O) groups is 2. The number of carbonyl (C=O) groups excluding carboxylic acids is 2. The lowest BCUT2D eigenvalue weighted by molar-refractivity contribution is -0.132. The highest BCUT2D eigenvalue weighted by atomic mass is 16.7. The van der Waals surface area contributed by atoms with Gasteiger partial charge in [0, 0.05) is 18.8 Å². The van der Waals surface area contributed by atoms with Crippen molar-refractivity contribution in [1.82, 2.24) is 5.32 Å². The van der Waals surface area contributed by atoms with E-state index in [-0.39, 0.29) is 18.6 Å². The molecule has 0 saturated carbocycles. The highest BCUT2D eigenvalue weighted by molar-refractivity contribution is 6.09. The fraction of sp³-hybridized carbons (Fsp3) is 0.333. The van der Waals surface area contributed by atoms with Crippen molar-refractivity contribution in [3.63, 3.8) is 0 Å². The number of benzene rings is 2. The van der Waals surface area contributed by atoms with E-state index in [9.17, 15) is 9.59 Å². The Kier molecular flexibility index (Phi) is 4.48. The van der Waals surface area contributed by atoms with Crippen LogP contribution in [0.3, 0.4) is 0 Å². The zero-order valence-corrected chi connectivity index (χ0v) is 15.5. The zero-order chi connectivity index (χ0) is 19.0. The first-order valence-corrected chi connectivity index (χ1v) is 9.08. The molecule has 2 heterocycles. The molecule has 0 unspecified atom stereocenters. The van der Waals surface area contributed by atoms with Crippen molar-refractivity contribution < 1.29 is 19.1 Å². The minimum absolute atomic E-state index is 0.133. The second-order valence-electron chi connectivity index (χ2n) is 6.96. The number of nitrogens with zero attached hydrogens (tertiary/aromatic N) is 1. The smallest absolute Gasteiger partial charge is 0.239 e. The number of nitrogens with one attached hydrogen (secondary N) is 1. The Balaban J connectivity index is 1.41. The fourth-order valence-corrected chi connectivity index (χ4v) is 3.55. The van der Waals surface area contributed by atoms with Crippen LogP contribution in [0.5, 0.6) is 11.5 Å². The molecule has 0 aromatic heterocycles. The van der Waals surface area contributed by atoms with Crippen LogP contribution >= 0.6 is 0 Å². The molecule has 0 aliphatic carbocycles. The van der Waals surface area contributed by atoms with Crippen molar-refractivity contribution in [1.29, 1.82) is 0 Å². The second-order valence-corrected chi connectivity index (χ2v) is 6.96. The first-order valence-electron chi connectivity index (χ1n) is 9.08. The Hall–Kier alpha value is -3.02. The van der Waals surface area contributed by atoms with Gasteiger partial charge in [-0.15, -0.1) is 0 Å². The molecule has 1 atom stereocenters. The lowest BCUT2D eigenvalue weighted by atomic mass is 10.1. The summed E-state index contributed by atoms with van der Waals surface area (Å²) in [6.45, 7) is 5.16. The van der Waals surface area contributed by atoms with Gasteiger partial charge in [0.05, 0.1) is 0 Å². The van der Waals surface area contributed by atoms with Gasteiger partial charge in [-0.25, -0.2) is 0 Å². The quantitative estimate of drug-likeness (QED) is 0.845. The predicted molar refractivity (Wildman–Crippen MR) is 101 cm³/mol. The van der Waals surface area contributed by atoms with Crippen LogP contribution in [-0.2, 0) is 16.1 Å². The van der Waals surface area contributed by atoms with E-state index < -0.39 is 5.92 Å². The molecule has 2 amide bonds. The lowest BCUT2D eigenvalue weighted by Crippen LogP contribution is -2.36. The van der Waals surface area contributed by atoms with Crippen LogP contribution in [0.15, 0.2) is 36.4 Å². The molecule has 27 heavy (non-hydrogen) atoms. The van der Waals surface area contributed by atoms with Gasteiger partial charge in [-0.2, -0.15) is 0 Å². The largest absolute Gasteiger partial charge is 0.454 e. The summed E-state index contributed by atoms with van der Waals surface area (Å²) in [5.74, 6) is 0.385. The Labute approximate surface area is 158 Å². The van der Waals surface area contributed by atoms with Gasteiger partial charge < -0.3 is 19.7 Å². The number of fused-ring (bicyclic) bond motifs is 1. The van der Waals surface area contributed by atoms with Crippen molar-refractivity contribution in [2.24, 2.45) is 5.92 Å². The third kappa shape index (κ3) is 3.23. The van der Waals surface area contributed by atoms with E-state index in [1.807, 2.05) is 50.2 Å². The summed E-state index contributed by atoms with van der Waals surface area (Å²) in [7, 11) is 0. The maximum atomic E-state index is 12.8. The van der Waals surface area contributed by atoms with Crippen molar-refractivity contribution in [3.8, 4) is 11.5 Å². The Morgan fingerprint density at radius 3 is 2.85 bits per heavy atom. The molecule has 6 heteroatoms. The maximum absolute atomic E-state index is 12.8. The van der Waals surface area contributed by atoms with E-state index in [4.69, 9.17) is 9.47 Å². The van der Waals surface area contributed by atoms with E-state index >= 15 is 0 Å². The molecule has 140 valence electrons. The molecule has 0 radical (unpaired) electrons. The van der Waals surface area contributed by atoms with Crippen LogP contribution in [0.1, 0.15) is 23.1 Å². The van der Waals surface area contributed by atoms with Gasteiger partial charge >= 0.3 is 0 Å². The first-order chi connectivity index (χ1) is 13.0. The lowest BCUT2D eigenvalue weighted by Gasteiger charge is -2.20. The normalized spacial score (nSPS) is 18.1. The molecule has 0 bridgehead atoms. The van der Waals surface area contributed by atoms with Gasteiger partial charge in [-0.05, 0) is 55.2 Å². The zero-order valence-electron chi connectivity index (χ0n) is 15.5. The van der Waals surface area contributed by atoms with E-state index in [2.05, 4.69) is 5.32 Å². The fourth-order valence-electron chi connectivity index (χ4n) is 3.55. The Bertz CT molecular complexity index is 909. The molecule has 0 spiro atoms. The van der Waals surface area contributed by atoms with Gasteiger partial charge in [0.25, 0.3) is 0 Å². The number of ether oxygens (including phenoxy) is 2. The number of hydrogen-bond acceptors (Lipinski definition) is 4. The van der Waals surface area contributed by atoms with Crippen LogP contribution in [0.4, 0.5) is 5.69 Å². The third-order valence-electron chi connectivity index (χ3n) is 5.29. The molecular weight excluding hydrogens is 344 g/mol. The summed E-state index contributed by atoms with van der Waals surface area (Å²) in [6.07, 6.45) is 0.527. The van der Waals surface area contributed by atoms with E-state index in [1.54, 1.807) is 4.90 Å².